The zero-order valence-electron chi connectivity index (χ0n) is 9.48. The first-order chi connectivity index (χ1) is 7.85. The van der Waals surface area contributed by atoms with Crippen LogP contribution in [0.3, 0.4) is 0 Å². The quantitative estimate of drug-likeness (QED) is 0.623. The van der Waals surface area contributed by atoms with Crippen LogP contribution in [0.2, 0.25) is 0 Å². The van der Waals surface area contributed by atoms with Gasteiger partial charge in [0.25, 0.3) is 0 Å². The van der Waals surface area contributed by atoms with Gasteiger partial charge in [-0.15, -0.1) is 11.8 Å². The highest BCUT2D eigenvalue weighted by Crippen LogP contribution is 2.35. The fraction of sp³-hybridized carbons (Fsp3) is 0.500. The molecule has 4 heteroatoms. The van der Waals surface area contributed by atoms with Crippen LogP contribution in [-0.4, -0.2) is 17.9 Å². The molecule has 0 aliphatic carbocycles. The average Bonchev–Trinajstić information content (AvgIpc) is 2.35. The molecule has 2 rings (SSSR count). The summed E-state index contributed by atoms with van der Waals surface area (Å²) >= 11 is 1.85. The van der Waals surface area contributed by atoms with Gasteiger partial charge >= 0.3 is 0 Å². The van der Waals surface area contributed by atoms with Gasteiger partial charge in [0, 0.05) is 10.6 Å². The largest absolute Gasteiger partial charge is 0.487 e. The number of benzene rings is 1. The van der Waals surface area contributed by atoms with Gasteiger partial charge in [-0.1, -0.05) is 25.5 Å². The summed E-state index contributed by atoms with van der Waals surface area (Å²) in [6, 6.07) is 8.41. The molecule has 1 aromatic rings. The van der Waals surface area contributed by atoms with Crippen molar-refractivity contribution in [1.82, 2.24) is 5.43 Å². The van der Waals surface area contributed by atoms with Crippen molar-refractivity contribution in [2.45, 2.75) is 36.8 Å². The number of rotatable bonds is 4. The highest BCUT2D eigenvalue weighted by Gasteiger charge is 2.26. The second kappa shape index (κ2) is 5.57. The zero-order chi connectivity index (χ0) is 11.4. The number of hydrogen-bond donors (Lipinski definition) is 2. The lowest BCUT2D eigenvalue weighted by Gasteiger charge is -2.31. The normalized spacial score (nSPS) is 21.0. The van der Waals surface area contributed by atoms with Crippen LogP contribution in [-0.2, 0) is 0 Å². The molecular formula is C12H18N2OS. The van der Waals surface area contributed by atoms with Crippen molar-refractivity contribution < 1.29 is 4.74 Å². The van der Waals surface area contributed by atoms with Gasteiger partial charge in [-0.05, 0) is 18.6 Å². The van der Waals surface area contributed by atoms with Crippen molar-refractivity contribution in [2.24, 2.45) is 5.84 Å². The number of hydrazine groups is 1. The van der Waals surface area contributed by atoms with E-state index in [9.17, 15) is 0 Å². The Labute approximate surface area is 101 Å². The van der Waals surface area contributed by atoms with Crippen molar-refractivity contribution in [3.63, 3.8) is 0 Å². The Kier molecular flexibility index (Phi) is 4.09. The minimum atomic E-state index is 0.171. The summed E-state index contributed by atoms with van der Waals surface area (Å²) < 4.78 is 5.97. The van der Waals surface area contributed by atoms with E-state index < -0.39 is 0 Å². The monoisotopic (exact) mass is 238 g/mol. The number of fused-ring (bicyclic) bond motifs is 1. The van der Waals surface area contributed by atoms with Crippen molar-refractivity contribution in [1.29, 1.82) is 0 Å². The summed E-state index contributed by atoms with van der Waals surface area (Å²) in [5, 5.41) is 0. The molecule has 0 saturated heterocycles. The van der Waals surface area contributed by atoms with E-state index in [-0.39, 0.29) is 12.1 Å². The molecule has 1 heterocycles. The van der Waals surface area contributed by atoms with Gasteiger partial charge in [0.15, 0.2) is 0 Å². The number of ether oxygens (including phenoxy) is 1. The molecule has 2 unspecified atom stereocenters. The average molecular weight is 238 g/mol. The maximum atomic E-state index is 5.97. The molecule has 0 bridgehead atoms. The first kappa shape index (κ1) is 11.8. The van der Waals surface area contributed by atoms with E-state index in [2.05, 4.69) is 18.4 Å². The number of thioether (sulfide) groups is 1. The highest BCUT2D eigenvalue weighted by atomic mass is 32.2. The summed E-state index contributed by atoms with van der Waals surface area (Å²) in [7, 11) is 0. The molecule has 16 heavy (non-hydrogen) atoms. The van der Waals surface area contributed by atoms with Crippen LogP contribution in [0.1, 0.15) is 19.8 Å². The van der Waals surface area contributed by atoms with E-state index in [0.717, 1.165) is 24.3 Å². The molecule has 0 spiro atoms. The van der Waals surface area contributed by atoms with E-state index >= 15 is 0 Å². The minimum absolute atomic E-state index is 0.171. The molecule has 88 valence electrons. The second-order valence-electron chi connectivity index (χ2n) is 3.98. The minimum Gasteiger partial charge on any atom is -0.487 e. The van der Waals surface area contributed by atoms with E-state index in [1.54, 1.807) is 0 Å². The Balaban J connectivity index is 2.06. The third-order valence-electron chi connectivity index (χ3n) is 2.79. The van der Waals surface area contributed by atoms with Crippen molar-refractivity contribution in [3.8, 4) is 5.75 Å². The van der Waals surface area contributed by atoms with Crippen molar-refractivity contribution >= 4 is 11.8 Å². The molecule has 3 nitrogen and oxygen atoms in total. The molecule has 1 aliphatic heterocycles. The molecule has 0 aromatic heterocycles. The lowest BCUT2D eigenvalue weighted by atomic mass is 10.1. The van der Waals surface area contributed by atoms with Crippen LogP contribution in [0.25, 0.3) is 0 Å². The SMILES string of the molecule is CCCC(NN)C1CSc2ccccc2O1. The fourth-order valence-corrected chi connectivity index (χ4v) is 3.00. The lowest BCUT2D eigenvalue weighted by molar-refractivity contribution is 0.160. The van der Waals surface area contributed by atoms with Crippen LogP contribution in [0.4, 0.5) is 0 Å². The van der Waals surface area contributed by atoms with Gasteiger partial charge in [0.1, 0.15) is 11.9 Å². The summed E-state index contributed by atoms with van der Waals surface area (Å²) in [4.78, 5) is 1.23. The predicted octanol–water partition coefficient (Wildman–Crippen LogP) is 2.17. The molecule has 2 atom stereocenters. The Morgan fingerprint density at radius 3 is 3.12 bits per heavy atom. The topological polar surface area (TPSA) is 47.3 Å². The predicted molar refractivity (Wildman–Crippen MR) is 67.6 cm³/mol. The first-order valence-corrected chi connectivity index (χ1v) is 6.68. The molecule has 3 N–H and O–H groups in total. The highest BCUT2D eigenvalue weighted by molar-refractivity contribution is 7.99. The standard InChI is InChI=1S/C12H18N2OS/c1-2-5-9(14-13)11-8-16-12-7-4-3-6-10(12)15-11/h3-4,6-7,9,11,14H,2,5,8,13H2,1H3. The van der Waals surface area contributed by atoms with Gasteiger partial charge in [-0.25, -0.2) is 0 Å². The van der Waals surface area contributed by atoms with Gasteiger partial charge in [0.2, 0.25) is 0 Å². The molecule has 0 amide bonds. The van der Waals surface area contributed by atoms with Gasteiger partial charge in [-0.2, -0.15) is 0 Å². The maximum absolute atomic E-state index is 5.97. The Hall–Kier alpha value is -0.710. The number of nitrogens with one attached hydrogen (secondary N) is 1. The molecule has 0 saturated carbocycles. The first-order valence-electron chi connectivity index (χ1n) is 5.69. The van der Waals surface area contributed by atoms with Gasteiger partial charge in [-0.3, -0.25) is 11.3 Å². The number of hydrogen-bond acceptors (Lipinski definition) is 4. The smallest absolute Gasteiger partial charge is 0.133 e. The van der Waals surface area contributed by atoms with Crippen LogP contribution >= 0.6 is 11.8 Å². The molecule has 1 aliphatic rings. The van der Waals surface area contributed by atoms with Crippen LogP contribution in [0, 0.1) is 0 Å². The van der Waals surface area contributed by atoms with Crippen LogP contribution in [0.15, 0.2) is 29.2 Å². The van der Waals surface area contributed by atoms with Gasteiger partial charge < -0.3 is 4.74 Å². The number of nitrogens with two attached hydrogens (primary N) is 1. The molecular weight excluding hydrogens is 220 g/mol. The Morgan fingerprint density at radius 2 is 2.38 bits per heavy atom. The third-order valence-corrected chi connectivity index (χ3v) is 3.94. The van der Waals surface area contributed by atoms with Gasteiger partial charge in [0.05, 0.1) is 6.04 Å². The summed E-state index contributed by atoms with van der Waals surface area (Å²) in [6.45, 7) is 2.16. The zero-order valence-corrected chi connectivity index (χ0v) is 10.3. The van der Waals surface area contributed by atoms with Crippen molar-refractivity contribution in [2.75, 3.05) is 5.75 Å². The van der Waals surface area contributed by atoms with Crippen LogP contribution < -0.4 is 16.0 Å². The summed E-state index contributed by atoms with van der Waals surface area (Å²) in [6.07, 6.45) is 2.33. The third kappa shape index (κ3) is 2.51. The van der Waals surface area contributed by atoms with E-state index in [1.165, 1.54) is 4.90 Å². The fourth-order valence-electron chi connectivity index (χ4n) is 1.92. The maximum Gasteiger partial charge on any atom is 0.133 e. The number of para-hydroxylation sites is 1. The lowest BCUT2D eigenvalue weighted by Crippen LogP contribution is -2.48. The Morgan fingerprint density at radius 1 is 1.56 bits per heavy atom. The van der Waals surface area contributed by atoms with E-state index in [0.29, 0.717) is 0 Å². The summed E-state index contributed by atoms with van der Waals surface area (Å²) in [5.41, 5.74) is 2.87. The molecule has 1 aromatic carbocycles. The van der Waals surface area contributed by atoms with Crippen molar-refractivity contribution in [3.05, 3.63) is 24.3 Å². The van der Waals surface area contributed by atoms with E-state index in [1.807, 2.05) is 30.0 Å². The Bertz CT molecular complexity index is 346. The van der Waals surface area contributed by atoms with E-state index in [4.69, 9.17) is 10.6 Å². The van der Waals surface area contributed by atoms with Crippen LogP contribution in [0.5, 0.6) is 5.75 Å². The molecule has 0 radical (unpaired) electrons. The molecule has 0 fully saturated rings. The summed E-state index contributed by atoms with van der Waals surface area (Å²) in [5.74, 6) is 7.52. The second-order valence-corrected chi connectivity index (χ2v) is 5.04.